The summed E-state index contributed by atoms with van der Waals surface area (Å²) in [5.41, 5.74) is -0.301. The standard InChI is InChI=1S/C12H18BrNOS/c1-5-14(11(15)12(2,3)4)8-9-6-7-10(13)16-9/h6-7H,5,8H2,1-4H3. The first kappa shape index (κ1) is 13.7. The summed E-state index contributed by atoms with van der Waals surface area (Å²) in [6.45, 7) is 9.37. The fraction of sp³-hybridized carbons (Fsp3) is 0.583. The highest BCUT2D eigenvalue weighted by molar-refractivity contribution is 9.11. The number of carbonyl (C=O) groups is 1. The minimum atomic E-state index is -0.301. The number of hydrogen-bond donors (Lipinski definition) is 0. The number of rotatable bonds is 3. The van der Waals surface area contributed by atoms with Crippen molar-refractivity contribution in [2.45, 2.75) is 34.2 Å². The van der Waals surface area contributed by atoms with Gasteiger partial charge in [-0.1, -0.05) is 20.8 Å². The zero-order valence-electron chi connectivity index (χ0n) is 10.2. The van der Waals surface area contributed by atoms with E-state index in [0.29, 0.717) is 6.54 Å². The van der Waals surface area contributed by atoms with Gasteiger partial charge < -0.3 is 4.90 Å². The van der Waals surface area contributed by atoms with Crippen LogP contribution in [0.25, 0.3) is 0 Å². The molecule has 4 heteroatoms. The first-order valence-corrected chi connectivity index (χ1v) is 6.99. The van der Waals surface area contributed by atoms with Crippen LogP contribution in [0, 0.1) is 5.41 Å². The van der Waals surface area contributed by atoms with Crippen molar-refractivity contribution in [2.75, 3.05) is 6.54 Å². The Balaban J connectivity index is 2.73. The number of halogens is 1. The van der Waals surface area contributed by atoms with Crippen LogP contribution in [0.4, 0.5) is 0 Å². The van der Waals surface area contributed by atoms with Gasteiger partial charge in [0.05, 0.1) is 10.3 Å². The van der Waals surface area contributed by atoms with Gasteiger partial charge in [0.1, 0.15) is 0 Å². The zero-order valence-corrected chi connectivity index (χ0v) is 12.6. The molecule has 16 heavy (non-hydrogen) atoms. The Bertz CT molecular complexity index is 367. The molecule has 0 bridgehead atoms. The third-order valence-corrected chi connectivity index (χ3v) is 3.89. The molecule has 0 atom stereocenters. The van der Waals surface area contributed by atoms with Crippen LogP contribution >= 0.6 is 27.3 Å². The molecule has 1 heterocycles. The Morgan fingerprint density at radius 1 is 1.44 bits per heavy atom. The lowest BCUT2D eigenvalue weighted by atomic mass is 9.94. The van der Waals surface area contributed by atoms with Crippen LogP contribution in [-0.4, -0.2) is 17.4 Å². The van der Waals surface area contributed by atoms with Gasteiger partial charge in [-0.15, -0.1) is 11.3 Å². The van der Waals surface area contributed by atoms with Crippen LogP contribution in [0.15, 0.2) is 15.9 Å². The van der Waals surface area contributed by atoms with Gasteiger partial charge >= 0.3 is 0 Å². The SMILES string of the molecule is CCN(Cc1ccc(Br)s1)C(=O)C(C)(C)C. The van der Waals surface area contributed by atoms with Gasteiger partial charge in [-0.2, -0.15) is 0 Å². The average Bonchev–Trinajstić information content (AvgIpc) is 2.58. The van der Waals surface area contributed by atoms with Crippen molar-refractivity contribution in [3.8, 4) is 0 Å². The monoisotopic (exact) mass is 303 g/mol. The van der Waals surface area contributed by atoms with Crippen molar-refractivity contribution in [1.29, 1.82) is 0 Å². The van der Waals surface area contributed by atoms with Gasteiger partial charge in [0, 0.05) is 16.8 Å². The van der Waals surface area contributed by atoms with Crippen molar-refractivity contribution in [1.82, 2.24) is 4.90 Å². The normalized spacial score (nSPS) is 11.6. The molecule has 0 unspecified atom stereocenters. The summed E-state index contributed by atoms with van der Waals surface area (Å²) in [6.07, 6.45) is 0. The molecular formula is C12H18BrNOS. The van der Waals surface area contributed by atoms with Crippen molar-refractivity contribution in [2.24, 2.45) is 5.41 Å². The van der Waals surface area contributed by atoms with Crippen LogP contribution in [0.1, 0.15) is 32.6 Å². The third kappa shape index (κ3) is 3.59. The summed E-state index contributed by atoms with van der Waals surface area (Å²) in [6, 6.07) is 4.09. The number of carbonyl (C=O) groups excluding carboxylic acids is 1. The van der Waals surface area contributed by atoms with Gasteiger partial charge in [0.2, 0.25) is 5.91 Å². The molecule has 90 valence electrons. The molecule has 0 fully saturated rings. The van der Waals surface area contributed by atoms with Crippen LogP contribution in [0.2, 0.25) is 0 Å². The van der Waals surface area contributed by atoms with Crippen molar-refractivity contribution >= 4 is 33.2 Å². The predicted molar refractivity (Wildman–Crippen MR) is 72.6 cm³/mol. The quantitative estimate of drug-likeness (QED) is 0.829. The summed E-state index contributed by atoms with van der Waals surface area (Å²) in [4.78, 5) is 15.2. The highest BCUT2D eigenvalue weighted by Crippen LogP contribution is 2.25. The van der Waals surface area contributed by atoms with E-state index < -0.39 is 0 Å². The third-order valence-electron chi connectivity index (χ3n) is 2.29. The van der Waals surface area contributed by atoms with E-state index >= 15 is 0 Å². The maximum atomic E-state index is 12.1. The Kier molecular flexibility index (Phi) is 4.56. The lowest BCUT2D eigenvalue weighted by Gasteiger charge is -2.28. The minimum absolute atomic E-state index is 0.208. The number of thiophene rings is 1. The molecule has 0 spiro atoms. The van der Waals surface area contributed by atoms with E-state index in [4.69, 9.17) is 0 Å². The molecule has 0 N–H and O–H groups in total. The Labute approximate surface area is 110 Å². The van der Waals surface area contributed by atoms with Gasteiger partial charge in [-0.3, -0.25) is 4.79 Å². The summed E-state index contributed by atoms with van der Waals surface area (Å²) in [7, 11) is 0. The maximum Gasteiger partial charge on any atom is 0.228 e. The van der Waals surface area contributed by atoms with E-state index in [0.717, 1.165) is 10.3 Å². The second-order valence-corrected chi connectivity index (χ2v) is 7.32. The number of nitrogens with zero attached hydrogens (tertiary/aromatic N) is 1. The zero-order chi connectivity index (χ0) is 12.3. The van der Waals surface area contributed by atoms with Crippen molar-refractivity contribution < 1.29 is 4.79 Å². The fourth-order valence-electron chi connectivity index (χ4n) is 1.43. The van der Waals surface area contributed by atoms with E-state index in [1.807, 2.05) is 38.7 Å². The number of amides is 1. The van der Waals surface area contributed by atoms with Crippen molar-refractivity contribution in [3.63, 3.8) is 0 Å². The highest BCUT2D eigenvalue weighted by atomic mass is 79.9. The minimum Gasteiger partial charge on any atom is -0.337 e. The van der Waals surface area contributed by atoms with E-state index in [2.05, 4.69) is 22.0 Å². The molecule has 0 aromatic carbocycles. The van der Waals surface area contributed by atoms with Gasteiger partial charge in [0.15, 0.2) is 0 Å². The summed E-state index contributed by atoms with van der Waals surface area (Å²) in [5, 5.41) is 0. The second kappa shape index (κ2) is 5.32. The van der Waals surface area contributed by atoms with E-state index in [9.17, 15) is 4.79 Å². The summed E-state index contributed by atoms with van der Waals surface area (Å²) < 4.78 is 1.11. The lowest BCUT2D eigenvalue weighted by molar-refractivity contribution is -0.139. The molecule has 0 radical (unpaired) electrons. The Morgan fingerprint density at radius 3 is 2.44 bits per heavy atom. The molecule has 1 rings (SSSR count). The fourth-order valence-corrected chi connectivity index (χ4v) is 2.93. The van der Waals surface area contributed by atoms with Crippen LogP contribution < -0.4 is 0 Å². The maximum absolute atomic E-state index is 12.1. The highest BCUT2D eigenvalue weighted by Gasteiger charge is 2.26. The van der Waals surface area contributed by atoms with E-state index in [1.54, 1.807) is 11.3 Å². The smallest absolute Gasteiger partial charge is 0.228 e. The van der Waals surface area contributed by atoms with Gasteiger partial charge in [-0.25, -0.2) is 0 Å². The summed E-state index contributed by atoms with van der Waals surface area (Å²) in [5.74, 6) is 0.208. The summed E-state index contributed by atoms with van der Waals surface area (Å²) >= 11 is 5.12. The molecule has 1 amide bonds. The molecule has 0 aliphatic rings. The molecular weight excluding hydrogens is 286 g/mol. The van der Waals surface area contributed by atoms with Gasteiger partial charge in [0.25, 0.3) is 0 Å². The predicted octanol–water partition coefficient (Wildman–Crippen LogP) is 3.91. The van der Waals surface area contributed by atoms with Gasteiger partial charge in [-0.05, 0) is 35.0 Å². The molecule has 0 aliphatic heterocycles. The lowest BCUT2D eigenvalue weighted by Crippen LogP contribution is -2.38. The van der Waals surface area contributed by atoms with E-state index in [-0.39, 0.29) is 11.3 Å². The first-order valence-electron chi connectivity index (χ1n) is 5.38. The Morgan fingerprint density at radius 2 is 2.06 bits per heavy atom. The number of hydrogen-bond acceptors (Lipinski definition) is 2. The molecule has 0 aliphatic carbocycles. The topological polar surface area (TPSA) is 20.3 Å². The van der Waals surface area contributed by atoms with Crippen LogP contribution in [0.5, 0.6) is 0 Å². The molecule has 0 saturated carbocycles. The molecule has 1 aromatic rings. The first-order chi connectivity index (χ1) is 7.34. The van der Waals surface area contributed by atoms with E-state index in [1.165, 1.54) is 4.88 Å². The van der Waals surface area contributed by atoms with Crippen LogP contribution in [0.3, 0.4) is 0 Å². The molecule has 1 aromatic heterocycles. The molecule has 0 saturated heterocycles. The average molecular weight is 304 g/mol. The second-order valence-electron chi connectivity index (χ2n) is 4.78. The molecule has 2 nitrogen and oxygen atoms in total. The Hall–Kier alpha value is -0.350. The van der Waals surface area contributed by atoms with Crippen LogP contribution in [-0.2, 0) is 11.3 Å². The van der Waals surface area contributed by atoms with Crippen molar-refractivity contribution in [3.05, 3.63) is 20.8 Å². The largest absolute Gasteiger partial charge is 0.337 e.